The van der Waals surface area contributed by atoms with Crippen molar-refractivity contribution >= 4 is 5.91 Å². The lowest BCUT2D eigenvalue weighted by Gasteiger charge is -2.25. The van der Waals surface area contributed by atoms with Crippen molar-refractivity contribution in [3.05, 3.63) is 17.0 Å². The van der Waals surface area contributed by atoms with E-state index in [-0.39, 0.29) is 24.7 Å². The molecule has 1 amide bonds. The number of aromatic nitrogens is 2. The first-order chi connectivity index (χ1) is 11.0. The van der Waals surface area contributed by atoms with Gasteiger partial charge >= 0.3 is 0 Å². The van der Waals surface area contributed by atoms with Crippen LogP contribution in [0.1, 0.15) is 48.1 Å². The molecule has 1 aromatic heterocycles. The van der Waals surface area contributed by atoms with Crippen LogP contribution in [0.5, 0.6) is 0 Å². The zero-order valence-electron chi connectivity index (χ0n) is 14.4. The molecule has 7 heteroatoms. The molecule has 0 radical (unpaired) electrons. The van der Waals surface area contributed by atoms with Crippen LogP contribution in [0.25, 0.3) is 0 Å². The van der Waals surface area contributed by atoms with Gasteiger partial charge in [0.2, 0.25) is 0 Å². The molecule has 1 N–H and O–H groups in total. The topological polar surface area (TPSA) is 76.8 Å². The van der Waals surface area contributed by atoms with Crippen molar-refractivity contribution in [2.75, 3.05) is 33.9 Å². The van der Waals surface area contributed by atoms with Gasteiger partial charge < -0.3 is 19.5 Å². The van der Waals surface area contributed by atoms with Crippen LogP contribution < -0.4 is 0 Å². The van der Waals surface area contributed by atoms with E-state index in [2.05, 4.69) is 5.10 Å². The van der Waals surface area contributed by atoms with Crippen molar-refractivity contribution < 1.29 is 19.4 Å². The first-order valence-corrected chi connectivity index (χ1v) is 8.09. The lowest BCUT2D eigenvalue weighted by Crippen LogP contribution is -2.32. The Morgan fingerprint density at radius 3 is 2.91 bits per heavy atom. The third kappa shape index (κ3) is 3.91. The van der Waals surface area contributed by atoms with Crippen molar-refractivity contribution in [3.8, 4) is 0 Å². The van der Waals surface area contributed by atoms with Crippen LogP contribution in [-0.4, -0.2) is 65.7 Å². The number of ether oxygens (including phenoxy) is 2. The zero-order chi connectivity index (χ0) is 17.0. The van der Waals surface area contributed by atoms with E-state index in [1.807, 2.05) is 13.8 Å². The first-order valence-electron chi connectivity index (χ1n) is 8.09. The average molecular weight is 325 g/mol. The summed E-state index contributed by atoms with van der Waals surface area (Å²) in [5.41, 5.74) is 2.45. The molecule has 130 valence electrons. The molecule has 2 rings (SSSR count). The van der Waals surface area contributed by atoms with Crippen molar-refractivity contribution in [2.24, 2.45) is 0 Å². The largest absolute Gasteiger partial charge is 0.396 e. The Balaban J connectivity index is 2.36. The minimum absolute atomic E-state index is 0.0619. The molecular weight excluding hydrogens is 298 g/mol. The highest BCUT2D eigenvalue weighted by Gasteiger charge is 2.32. The fourth-order valence-electron chi connectivity index (χ4n) is 2.96. The summed E-state index contributed by atoms with van der Waals surface area (Å²) >= 11 is 0. The second-order valence-corrected chi connectivity index (χ2v) is 6.03. The third-order valence-corrected chi connectivity index (χ3v) is 4.10. The normalized spacial score (nSPS) is 20.4. The highest BCUT2D eigenvalue weighted by molar-refractivity contribution is 5.94. The molecule has 7 nitrogen and oxygen atoms in total. The summed E-state index contributed by atoms with van der Waals surface area (Å²) < 4.78 is 12.7. The number of carbonyl (C=O) groups excluding carboxylic acids is 1. The lowest BCUT2D eigenvalue weighted by molar-refractivity contribution is -0.00719. The Morgan fingerprint density at radius 1 is 1.52 bits per heavy atom. The van der Waals surface area contributed by atoms with Crippen molar-refractivity contribution in [3.63, 3.8) is 0 Å². The van der Waals surface area contributed by atoms with Gasteiger partial charge in [0.1, 0.15) is 5.69 Å². The van der Waals surface area contributed by atoms with Crippen molar-refractivity contribution in [2.45, 2.75) is 45.4 Å². The Morgan fingerprint density at radius 2 is 2.26 bits per heavy atom. The standard InChI is InChI=1S/C16H27N3O4/c1-11-10-13-14(12(2)23-11)17-19(7-9-22-4)15(13)16(21)18(3)6-5-8-20/h11-12,20H,5-10H2,1-4H3/t11-,12+/m0/s1. The maximum atomic E-state index is 12.9. The maximum absolute atomic E-state index is 12.9. The van der Waals surface area contributed by atoms with Gasteiger partial charge in [0.05, 0.1) is 31.1 Å². The number of carbonyl (C=O) groups is 1. The zero-order valence-corrected chi connectivity index (χ0v) is 14.4. The predicted molar refractivity (Wildman–Crippen MR) is 85.4 cm³/mol. The van der Waals surface area contributed by atoms with Gasteiger partial charge in [0.25, 0.3) is 5.91 Å². The third-order valence-electron chi connectivity index (χ3n) is 4.10. The summed E-state index contributed by atoms with van der Waals surface area (Å²) in [4.78, 5) is 14.5. The smallest absolute Gasteiger partial charge is 0.272 e. The van der Waals surface area contributed by atoms with Gasteiger partial charge in [-0.25, -0.2) is 0 Å². The molecule has 23 heavy (non-hydrogen) atoms. The minimum Gasteiger partial charge on any atom is -0.396 e. The van der Waals surface area contributed by atoms with Crippen LogP contribution in [0.15, 0.2) is 0 Å². The van der Waals surface area contributed by atoms with Crippen LogP contribution in [0, 0.1) is 0 Å². The van der Waals surface area contributed by atoms with Crippen molar-refractivity contribution in [1.82, 2.24) is 14.7 Å². The fraction of sp³-hybridized carbons (Fsp3) is 0.750. The Labute approximate surface area is 137 Å². The molecular formula is C16H27N3O4. The minimum atomic E-state index is -0.119. The summed E-state index contributed by atoms with van der Waals surface area (Å²) in [5, 5.41) is 13.6. The molecule has 0 aliphatic carbocycles. The molecule has 0 spiro atoms. The summed E-state index contributed by atoms with van der Waals surface area (Å²) in [6, 6.07) is 0. The molecule has 1 aliphatic rings. The maximum Gasteiger partial charge on any atom is 0.272 e. The van der Waals surface area contributed by atoms with E-state index in [9.17, 15) is 4.79 Å². The van der Waals surface area contributed by atoms with E-state index in [0.717, 1.165) is 11.3 Å². The monoisotopic (exact) mass is 325 g/mol. The number of aliphatic hydroxyl groups excluding tert-OH is 1. The van der Waals surface area contributed by atoms with Gasteiger partial charge in [-0.2, -0.15) is 5.10 Å². The highest BCUT2D eigenvalue weighted by Crippen LogP contribution is 2.32. The van der Waals surface area contributed by atoms with Crippen LogP contribution in [0.3, 0.4) is 0 Å². The highest BCUT2D eigenvalue weighted by atomic mass is 16.5. The predicted octanol–water partition coefficient (Wildman–Crippen LogP) is 1.01. The summed E-state index contributed by atoms with van der Waals surface area (Å²) in [5.74, 6) is -0.0652. The quantitative estimate of drug-likeness (QED) is 0.809. The number of hydrogen-bond donors (Lipinski definition) is 1. The van der Waals surface area contributed by atoms with E-state index < -0.39 is 0 Å². The van der Waals surface area contributed by atoms with Gasteiger partial charge in [0.15, 0.2) is 0 Å². The van der Waals surface area contributed by atoms with E-state index in [1.54, 1.807) is 23.7 Å². The second-order valence-electron chi connectivity index (χ2n) is 6.03. The van der Waals surface area contributed by atoms with Crippen LogP contribution >= 0.6 is 0 Å². The number of nitrogens with zero attached hydrogens (tertiary/aromatic N) is 3. The molecule has 0 aromatic carbocycles. The van der Waals surface area contributed by atoms with Gasteiger partial charge in [-0.1, -0.05) is 0 Å². The molecule has 0 saturated heterocycles. The van der Waals surface area contributed by atoms with Crippen LogP contribution in [0.4, 0.5) is 0 Å². The van der Waals surface area contributed by atoms with Gasteiger partial charge in [-0.3, -0.25) is 9.48 Å². The number of hydrogen-bond acceptors (Lipinski definition) is 5. The summed E-state index contributed by atoms with van der Waals surface area (Å²) in [7, 11) is 3.39. The molecule has 2 atom stereocenters. The number of aliphatic hydroxyl groups is 1. The first kappa shape index (κ1) is 17.9. The number of fused-ring (bicyclic) bond motifs is 1. The number of methoxy groups -OCH3 is 1. The molecule has 0 unspecified atom stereocenters. The second kappa shape index (κ2) is 7.90. The van der Waals surface area contributed by atoms with Crippen LogP contribution in [-0.2, 0) is 22.4 Å². The molecule has 1 aliphatic heterocycles. The van der Waals surface area contributed by atoms with E-state index >= 15 is 0 Å². The summed E-state index contributed by atoms with van der Waals surface area (Å²) in [6.07, 6.45) is 1.19. The average Bonchev–Trinajstić information content (AvgIpc) is 2.88. The molecule has 0 fully saturated rings. The number of amides is 1. The van der Waals surface area contributed by atoms with Crippen molar-refractivity contribution in [1.29, 1.82) is 0 Å². The van der Waals surface area contributed by atoms with Gasteiger partial charge in [0, 0.05) is 39.3 Å². The van der Waals surface area contributed by atoms with Gasteiger partial charge in [-0.05, 0) is 20.3 Å². The van der Waals surface area contributed by atoms with E-state index in [0.29, 0.717) is 38.2 Å². The summed E-state index contributed by atoms with van der Waals surface area (Å²) in [6.45, 7) is 5.58. The SMILES string of the molecule is COCCn1nc2c(c1C(=O)N(C)CCCO)C[C@H](C)O[C@@H]2C. The molecule has 2 heterocycles. The van der Waals surface area contributed by atoms with Gasteiger partial charge in [-0.15, -0.1) is 0 Å². The van der Waals surface area contributed by atoms with E-state index in [1.165, 1.54) is 0 Å². The number of rotatable bonds is 7. The molecule has 1 aromatic rings. The molecule has 0 bridgehead atoms. The van der Waals surface area contributed by atoms with E-state index in [4.69, 9.17) is 14.6 Å². The Bertz CT molecular complexity index is 544. The van der Waals surface area contributed by atoms with Crippen LogP contribution in [0.2, 0.25) is 0 Å². The fourth-order valence-corrected chi connectivity index (χ4v) is 2.96. The Hall–Kier alpha value is -1.44. The lowest BCUT2D eigenvalue weighted by atomic mass is 9.99. The Kier molecular flexibility index (Phi) is 6.15. The molecule has 0 saturated carbocycles.